The van der Waals surface area contributed by atoms with Crippen molar-refractivity contribution in [1.29, 1.82) is 10.7 Å². The van der Waals surface area contributed by atoms with E-state index in [2.05, 4.69) is 10.5 Å². The predicted octanol–water partition coefficient (Wildman–Crippen LogP) is -0.000850. The summed E-state index contributed by atoms with van der Waals surface area (Å²) in [5.74, 6) is -0.407. The van der Waals surface area contributed by atoms with Crippen molar-refractivity contribution in [1.82, 2.24) is 0 Å². The maximum absolute atomic E-state index is 8.78. The Morgan fingerprint density at radius 1 is 1.33 bits per heavy atom. The second-order valence-electron chi connectivity index (χ2n) is 3.85. The minimum absolute atomic E-state index is 0.200. The molecule has 0 amide bonds. The summed E-state index contributed by atoms with van der Waals surface area (Å²) in [7, 11) is 1.61. The standard InChI is InChI=1S/C12H17N5O3Si/c1-18-21(19-2,20-3)10-6-4-5-9(7-10)16-17-11(8-13)12(14)15/h4-7,16H,1-3H3,(H3,14,15)/b17-11+. The van der Waals surface area contributed by atoms with E-state index >= 15 is 0 Å². The van der Waals surface area contributed by atoms with Gasteiger partial charge in [0.2, 0.25) is 5.71 Å². The third kappa shape index (κ3) is 3.86. The zero-order valence-electron chi connectivity index (χ0n) is 12.0. The highest BCUT2D eigenvalue weighted by molar-refractivity contribution is 6.75. The second kappa shape index (κ2) is 7.51. The number of rotatable bonds is 7. The van der Waals surface area contributed by atoms with Crippen LogP contribution < -0.4 is 16.3 Å². The molecule has 0 saturated carbocycles. The number of anilines is 1. The fourth-order valence-electron chi connectivity index (χ4n) is 1.65. The summed E-state index contributed by atoms with van der Waals surface area (Å²) in [4.78, 5) is 0. The molecule has 0 fully saturated rings. The highest BCUT2D eigenvalue weighted by Crippen LogP contribution is 2.11. The van der Waals surface area contributed by atoms with Gasteiger partial charge < -0.3 is 19.0 Å². The van der Waals surface area contributed by atoms with Gasteiger partial charge >= 0.3 is 8.80 Å². The van der Waals surface area contributed by atoms with Crippen LogP contribution in [-0.4, -0.2) is 41.7 Å². The number of hydrogen-bond donors (Lipinski definition) is 3. The fraction of sp³-hybridized carbons (Fsp3) is 0.250. The lowest BCUT2D eigenvalue weighted by Crippen LogP contribution is -2.54. The molecule has 0 spiro atoms. The van der Waals surface area contributed by atoms with E-state index in [1.807, 2.05) is 6.07 Å². The number of hydrogen-bond acceptors (Lipinski definition) is 7. The number of nitrogens with two attached hydrogens (primary N) is 1. The van der Waals surface area contributed by atoms with Crippen LogP contribution >= 0.6 is 0 Å². The van der Waals surface area contributed by atoms with Gasteiger partial charge in [-0.3, -0.25) is 10.8 Å². The van der Waals surface area contributed by atoms with Crippen LogP contribution in [0.4, 0.5) is 5.69 Å². The summed E-state index contributed by atoms with van der Waals surface area (Å²) >= 11 is 0. The molecule has 1 aromatic rings. The summed E-state index contributed by atoms with van der Waals surface area (Å²) in [6, 6.07) is 8.78. The first-order chi connectivity index (χ1) is 10.0. The van der Waals surface area contributed by atoms with Gasteiger partial charge in [0.05, 0.1) is 5.69 Å². The third-order valence-electron chi connectivity index (χ3n) is 2.68. The summed E-state index contributed by atoms with van der Waals surface area (Å²) in [5, 5.41) is 20.5. The van der Waals surface area contributed by atoms with E-state index in [0.717, 1.165) is 5.19 Å². The summed E-state index contributed by atoms with van der Waals surface area (Å²) < 4.78 is 16.2. The minimum Gasteiger partial charge on any atom is -0.382 e. The van der Waals surface area contributed by atoms with E-state index in [-0.39, 0.29) is 5.71 Å². The van der Waals surface area contributed by atoms with E-state index in [1.54, 1.807) is 24.3 Å². The van der Waals surface area contributed by atoms with Gasteiger partial charge in [-0.25, -0.2) is 0 Å². The van der Waals surface area contributed by atoms with Gasteiger partial charge in [0, 0.05) is 26.5 Å². The Morgan fingerprint density at radius 2 is 1.95 bits per heavy atom. The van der Waals surface area contributed by atoms with Crippen molar-refractivity contribution < 1.29 is 13.3 Å². The lowest BCUT2D eigenvalue weighted by atomic mass is 10.3. The number of benzene rings is 1. The van der Waals surface area contributed by atoms with E-state index < -0.39 is 14.6 Å². The highest BCUT2D eigenvalue weighted by Gasteiger charge is 2.40. The molecule has 0 radical (unpaired) electrons. The predicted molar refractivity (Wildman–Crippen MR) is 81.4 cm³/mol. The van der Waals surface area contributed by atoms with Crippen LogP contribution in [0.25, 0.3) is 0 Å². The molecule has 0 aliphatic heterocycles. The monoisotopic (exact) mass is 307 g/mol. The molecule has 0 unspecified atom stereocenters. The third-order valence-corrected chi connectivity index (χ3v) is 5.31. The molecule has 0 bridgehead atoms. The lowest BCUT2D eigenvalue weighted by molar-refractivity contribution is 0.140. The van der Waals surface area contributed by atoms with Gasteiger partial charge in [-0.05, 0) is 12.1 Å². The van der Waals surface area contributed by atoms with Crippen molar-refractivity contribution in [3.8, 4) is 6.07 Å². The van der Waals surface area contributed by atoms with Crippen molar-refractivity contribution in [3.05, 3.63) is 24.3 Å². The highest BCUT2D eigenvalue weighted by atomic mass is 28.4. The first-order valence-corrected chi connectivity index (χ1v) is 7.59. The molecule has 0 heterocycles. The van der Waals surface area contributed by atoms with E-state index in [9.17, 15) is 0 Å². The van der Waals surface area contributed by atoms with Crippen molar-refractivity contribution in [2.24, 2.45) is 10.8 Å². The average molecular weight is 307 g/mol. The average Bonchev–Trinajstić information content (AvgIpc) is 2.50. The van der Waals surface area contributed by atoms with Gasteiger partial charge in [0.15, 0.2) is 5.84 Å². The van der Waals surface area contributed by atoms with Gasteiger partial charge in [0.25, 0.3) is 0 Å². The van der Waals surface area contributed by atoms with Crippen LogP contribution in [0.15, 0.2) is 29.4 Å². The van der Waals surface area contributed by atoms with Gasteiger partial charge in [-0.2, -0.15) is 10.4 Å². The van der Waals surface area contributed by atoms with Crippen molar-refractivity contribution in [2.75, 3.05) is 26.8 Å². The smallest absolute Gasteiger partial charge is 0.382 e. The van der Waals surface area contributed by atoms with E-state index in [0.29, 0.717) is 5.69 Å². The number of amidine groups is 1. The van der Waals surface area contributed by atoms with Gasteiger partial charge in [0.1, 0.15) is 6.07 Å². The zero-order chi connectivity index (χ0) is 15.9. The van der Waals surface area contributed by atoms with Crippen molar-refractivity contribution >= 4 is 31.2 Å². The largest absolute Gasteiger partial charge is 0.536 e. The van der Waals surface area contributed by atoms with Gasteiger partial charge in [-0.1, -0.05) is 12.1 Å². The number of nitrogens with one attached hydrogen (secondary N) is 2. The Hall–Kier alpha value is -2.25. The topological polar surface area (TPSA) is 126 Å². The van der Waals surface area contributed by atoms with Crippen LogP contribution in [0.5, 0.6) is 0 Å². The zero-order valence-corrected chi connectivity index (χ0v) is 13.0. The lowest BCUT2D eigenvalue weighted by Gasteiger charge is -2.24. The Bertz CT molecular complexity index is 572. The molecule has 0 aliphatic carbocycles. The molecule has 0 aromatic heterocycles. The molecule has 112 valence electrons. The Kier molecular flexibility index (Phi) is 6.01. The maximum Gasteiger partial charge on any atom is 0.536 e. The first kappa shape index (κ1) is 16.8. The van der Waals surface area contributed by atoms with Crippen LogP contribution in [0.1, 0.15) is 0 Å². The molecular formula is C12H17N5O3Si. The Balaban J connectivity index is 3.07. The molecule has 1 aromatic carbocycles. The normalized spacial score (nSPS) is 11.8. The molecule has 1 rings (SSSR count). The molecule has 0 saturated heterocycles. The van der Waals surface area contributed by atoms with E-state index in [1.165, 1.54) is 21.3 Å². The van der Waals surface area contributed by atoms with Crippen LogP contribution in [0, 0.1) is 16.7 Å². The molecule has 9 heteroatoms. The molecular weight excluding hydrogens is 290 g/mol. The first-order valence-electron chi connectivity index (χ1n) is 5.87. The molecule has 0 aliphatic rings. The van der Waals surface area contributed by atoms with Crippen LogP contribution in [0.2, 0.25) is 0 Å². The summed E-state index contributed by atoms with van der Waals surface area (Å²) in [6.45, 7) is 0. The van der Waals surface area contributed by atoms with Gasteiger partial charge in [-0.15, -0.1) is 0 Å². The molecule has 21 heavy (non-hydrogen) atoms. The number of hydrazone groups is 1. The maximum atomic E-state index is 8.78. The Morgan fingerprint density at radius 3 is 2.43 bits per heavy atom. The minimum atomic E-state index is -2.93. The second-order valence-corrected chi connectivity index (χ2v) is 6.76. The summed E-state index contributed by atoms with van der Waals surface area (Å²) in [5.41, 5.74) is 8.26. The van der Waals surface area contributed by atoms with E-state index in [4.69, 9.17) is 29.7 Å². The molecule has 0 atom stereocenters. The van der Waals surface area contributed by atoms with Crippen molar-refractivity contribution in [2.45, 2.75) is 0 Å². The van der Waals surface area contributed by atoms with Crippen LogP contribution in [-0.2, 0) is 13.3 Å². The quantitative estimate of drug-likeness (QED) is 0.282. The van der Waals surface area contributed by atoms with Crippen LogP contribution in [0.3, 0.4) is 0 Å². The molecule has 8 nitrogen and oxygen atoms in total. The number of nitrogens with zero attached hydrogens (tertiary/aromatic N) is 2. The fourth-order valence-corrected chi connectivity index (χ4v) is 3.49. The number of nitriles is 1. The summed E-state index contributed by atoms with van der Waals surface area (Å²) in [6.07, 6.45) is 0. The van der Waals surface area contributed by atoms with Crippen molar-refractivity contribution in [3.63, 3.8) is 0 Å². The Labute approximate surface area is 124 Å². The molecule has 4 N–H and O–H groups in total. The SMILES string of the molecule is CO[Si](OC)(OC)c1cccc(N/N=C(\C#N)C(=N)N)c1.